The standard InChI is InChI=1S/C17H24N2O5S2/c1-13-6-9-19(10-7-13)26(23,24)16-4-2-15(3-5-16)18-17(20)14-8-11-25(21,22)12-14/h2-5,13-14H,6-12H2,1H3,(H,18,20)/t14-/m1/s1. The Bertz CT molecular complexity index is 870. The molecule has 1 aromatic rings. The monoisotopic (exact) mass is 400 g/mol. The van der Waals surface area contributed by atoms with Gasteiger partial charge in [-0.25, -0.2) is 16.8 Å². The highest BCUT2D eigenvalue weighted by Gasteiger charge is 2.33. The number of carbonyl (C=O) groups is 1. The lowest BCUT2D eigenvalue weighted by Gasteiger charge is -2.29. The van der Waals surface area contributed by atoms with Gasteiger partial charge in [0.25, 0.3) is 0 Å². The second-order valence-corrected chi connectivity index (χ2v) is 11.4. The lowest BCUT2D eigenvalue weighted by molar-refractivity contribution is -0.119. The van der Waals surface area contributed by atoms with Crippen LogP contribution in [0.1, 0.15) is 26.2 Å². The predicted molar refractivity (Wildman–Crippen MR) is 99.0 cm³/mol. The molecule has 0 saturated carbocycles. The Morgan fingerprint density at radius 1 is 1.12 bits per heavy atom. The van der Waals surface area contributed by atoms with Crippen LogP contribution in [0.5, 0.6) is 0 Å². The van der Waals surface area contributed by atoms with Crippen LogP contribution in [0, 0.1) is 11.8 Å². The van der Waals surface area contributed by atoms with Gasteiger partial charge in [0.05, 0.1) is 22.3 Å². The van der Waals surface area contributed by atoms with Crippen molar-refractivity contribution in [1.82, 2.24) is 4.31 Å². The molecule has 2 heterocycles. The second kappa shape index (κ2) is 7.28. The maximum atomic E-state index is 12.7. The van der Waals surface area contributed by atoms with Gasteiger partial charge in [0.2, 0.25) is 15.9 Å². The first kappa shape index (κ1) is 19.3. The average Bonchev–Trinajstić information content (AvgIpc) is 2.96. The van der Waals surface area contributed by atoms with E-state index < -0.39 is 25.8 Å². The van der Waals surface area contributed by atoms with Crippen molar-refractivity contribution in [2.24, 2.45) is 11.8 Å². The highest BCUT2D eigenvalue weighted by Crippen LogP contribution is 2.25. The Kier molecular flexibility index (Phi) is 5.41. The van der Waals surface area contributed by atoms with E-state index >= 15 is 0 Å². The number of amides is 1. The van der Waals surface area contributed by atoms with Crippen molar-refractivity contribution in [2.45, 2.75) is 31.1 Å². The largest absolute Gasteiger partial charge is 0.326 e. The number of nitrogens with zero attached hydrogens (tertiary/aromatic N) is 1. The first-order valence-electron chi connectivity index (χ1n) is 8.79. The highest BCUT2D eigenvalue weighted by atomic mass is 32.2. The Morgan fingerprint density at radius 3 is 2.27 bits per heavy atom. The van der Waals surface area contributed by atoms with Gasteiger partial charge in [-0.2, -0.15) is 4.31 Å². The molecule has 2 aliphatic rings. The summed E-state index contributed by atoms with van der Waals surface area (Å²) in [6.07, 6.45) is 2.04. The van der Waals surface area contributed by atoms with Crippen LogP contribution in [0.2, 0.25) is 0 Å². The van der Waals surface area contributed by atoms with Crippen LogP contribution in [0.4, 0.5) is 5.69 Å². The maximum Gasteiger partial charge on any atom is 0.243 e. The number of sulfonamides is 1. The van der Waals surface area contributed by atoms with Crippen molar-refractivity contribution >= 4 is 31.5 Å². The molecule has 26 heavy (non-hydrogen) atoms. The summed E-state index contributed by atoms with van der Waals surface area (Å²) in [6.45, 7) is 3.17. The van der Waals surface area contributed by atoms with Crippen LogP contribution < -0.4 is 5.32 Å². The Morgan fingerprint density at radius 2 is 1.73 bits per heavy atom. The van der Waals surface area contributed by atoms with Crippen molar-refractivity contribution in [3.8, 4) is 0 Å². The lowest BCUT2D eigenvalue weighted by atomic mass is 10.0. The summed E-state index contributed by atoms with van der Waals surface area (Å²) in [6, 6.07) is 6.05. The summed E-state index contributed by atoms with van der Waals surface area (Å²) in [5.41, 5.74) is 0.463. The molecule has 0 unspecified atom stereocenters. The van der Waals surface area contributed by atoms with Crippen molar-refractivity contribution in [2.75, 3.05) is 29.9 Å². The number of hydrogen-bond donors (Lipinski definition) is 1. The van der Waals surface area contributed by atoms with Gasteiger partial charge in [0.1, 0.15) is 0 Å². The van der Waals surface area contributed by atoms with Gasteiger partial charge >= 0.3 is 0 Å². The maximum absolute atomic E-state index is 12.7. The topological polar surface area (TPSA) is 101 Å². The molecule has 1 N–H and O–H groups in total. The van der Waals surface area contributed by atoms with Crippen molar-refractivity contribution < 1.29 is 21.6 Å². The van der Waals surface area contributed by atoms with E-state index in [0.29, 0.717) is 31.1 Å². The fourth-order valence-corrected chi connectivity index (χ4v) is 6.54. The molecule has 9 heteroatoms. The molecule has 3 rings (SSSR count). The molecule has 2 aliphatic heterocycles. The minimum Gasteiger partial charge on any atom is -0.326 e. The Labute approximate surface area is 154 Å². The smallest absolute Gasteiger partial charge is 0.243 e. The highest BCUT2D eigenvalue weighted by molar-refractivity contribution is 7.91. The van der Waals surface area contributed by atoms with E-state index in [-0.39, 0.29) is 22.3 Å². The number of anilines is 1. The molecule has 1 aromatic carbocycles. The van der Waals surface area contributed by atoms with Crippen LogP contribution >= 0.6 is 0 Å². The van der Waals surface area contributed by atoms with E-state index in [9.17, 15) is 21.6 Å². The third-order valence-electron chi connectivity index (χ3n) is 5.11. The van der Waals surface area contributed by atoms with E-state index in [0.717, 1.165) is 12.8 Å². The Hall–Kier alpha value is -1.45. The zero-order chi connectivity index (χ0) is 18.9. The average molecular weight is 401 g/mol. The van der Waals surface area contributed by atoms with E-state index in [1.165, 1.54) is 16.4 Å². The molecule has 2 saturated heterocycles. The summed E-state index contributed by atoms with van der Waals surface area (Å²) in [5.74, 6) is -0.432. The summed E-state index contributed by atoms with van der Waals surface area (Å²) < 4.78 is 49.8. The number of carbonyl (C=O) groups excluding carboxylic acids is 1. The van der Waals surface area contributed by atoms with Crippen molar-refractivity contribution in [3.63, 3.8) is 0 Å². The number of rotatable bonds is 4. The zero-order valence-electron chi connectivity index (χ0n) is 14.7. The van der Waals surface area contributed by atoms with Crippen LogP contribution in [0.15, 0.2) is 29.2 Å². The molecular formula is C17H24N2O5S2. The lowest BCUT2D eigenvalue weighted by Crippen LogP contribution is -2.37. The molecular weight excluding hydrogens is 376 g/mol. The van der Waals surface area contributed by atoms with E-state index in [2.05, 4.69) is 12.2 Å². The minimum absolute atomic E-state index is 0.0384. The van der Waals surface area contributed by atoms with Gasteiger partial charge in [-0.15, -0.1) is 0 Å². The molecule has 2 fully saturated rings. The molecule has 1 atom stereocenters. The number of piperidine rings is 1. The summed E-state index contributed by atoms with van der Waals surface area (Å²) >= 11 is 0. The van der Waals surface area contributed by atoms with Gasteiger partial charge in [-0.05, 0) is 49.4 Å². The van der Waals surface area contributed by atoms with Gasteiger partial charge < -0.3 is 5.32 Å². The minimum atomic E-state index is -3.52. The predicted octanol–water partition coefficient (Wildman–Crippen LogP) is 1.48. The van der Waals surface area contributed by atoms with E-state index in [4.69, 9.17) is 0 Å². The zero-order valence-corrected chi connectivity index (χ0v) is 16.4. The molecule has 1 amide bonds. The van der Waals surface area contributed by atoms with Crippen molar-refractivity contribution in [1.29, 1.82) is 0 Å². The SMILES string of the molecule is CC1CCN(S(=O)(=O)c2ccc(NC(=O)[C@@H]3CCS(=O)(=O)C3)cc2)CC1. The van der Waals surface area contributed by atoms with Gasteiger partial charge in [-0.1, -0.05) is 6.92 Å². The van der Waals surface area contributed by atoms with Crippen molar-refractivity contribution in [3.05, 3.63) is 24.3 Å². The molecule has 7 nitrogen and oxygen atoms in total. The van der Waals surface area contributed by atoms with Crippen LogP contribution in [0.3, 0.4) is 0 Å². The van der Waals surface area contributed by atoms with Gasteiger partial charge in [0, 0.05) is 18.8 Å². The third-order valence-corrected chi connectivity index (χ3v) is 8.79. The molecule has 0 radical (unpaired) electrons. The first-order chi connectivity index (χ1) is 12.2. The van der Waals surface area contributed by atoms with Gasteiger partial charge in [-0.3, -0.25) is 4.79 Å². The number of nitrogens with one attached hydrogen (secondary N) is 1. The molecule has 0 aromatic heterocycles. The third kappa shape index (κ3) is 4.27. The van der Waals surface area contributed by atoms with E-state index in [1.807, 2.05) is 0 Å². The van der Waals surface area contributed by atoms with Gasteiger partial charge in [0.15, 0.2) is 9.84 Å². The van der Waals surface area contributed by atoms with E-state index in [1.54, 1.807) is 12.1 Å². The Balaban J connectivity index is 1.66. The summed E-state index contributed by atoms with van der Waals surface area (Å²) in [7, 11) is -6.64. The second-order valence-electron chi connectivity index (χ2n) is 7.20. The summed E-state index contributed by atoms with van der Waals surface area (Å²) in [4.78, 5) is 12.4. The normalized spacial score (nSPS) is 24.4. The van der Waals surface area contributed by atoms with Crippen LogP contribution in [0.25, 0.3) is 0 Å². The van der Waals surface area contributed by atoms with Crippen LogP contribution in [-0.2, 0) is 24.7 Å². The fraction of sp³-hybridized carbons (Fsp3) is 0.588. The number of sulfone groups is 1. The first-order valence-corrected chi connectivity index (χ1v) is 12.0. The molecule has 0 aliphatic carbocycles. The summed E-state index contributed by atoms with van der Waals surface area (Å²) in [5, 5.41) is 2.67. The van der Waals surface area contributed by atoms with Crippen LogP contribution in [-0.4, -0.2) is 51.6 Å². The quantitative estimate of drug-likeness (QED) is 0.825. The molecule has 0 spiro atoms. The number of hydrogen-bond acceptors (Lipinski definition) is 5. The number of benzene rings is 1. The fourth-order valence-electron chi connectivity index (χ4n) is 3.33. The molecule has 0 bridgehead atoms. The molecule has 144 valence electrons.